The molecule has 1 unspecified atom stereocenters. The predicted molar refractivity (Wildman–Crippen MR) is 123 cm³/mol. The molecule has 4 rings (SSSR count). The van der Waals surface area contributed by atoms with E-state index in [1.807, 2.05) is 30.3 Å². The van der Waals surface area contributed by atoms with Crippen LogP contribution >= 0.6 is 0 Å². The predicted octanol–water partition coefficient (Wildman–Crippen LogP) is 1.46. The van der Waals surface area contributed by atoms with Gasteiger partial charge >= 0.3 is 0 Å². The van der Waals surface area contributed by atoms with Crippen molar-refractivity contribution in [3.05, 3.63) is 48.3 Å². The molecule has 2 aromatic heterocycles. The molecule has 1 fully saturated rings. The van der Waals surface area contributed by atoms with E-state index in [1.54, 1.807) is 26.2 Å². The van der Waals surface area contributed by atoms with Crippen LogP contribution < -0.4 is 9.46 Å². The van der Waals surface area contributed by atoms with Crippen molar-refractivity contribution in [2.45, 2.75) is 25.6 Å². The maximum atomic E-state index is 12.1. The van der Waals surface area contributed by atoms with Gasteiger partial charge in [0.05, 0.1) is 23.4 Å². The second-order valence-corrected chi connectivity index (χ2v) is 10.1. The van der Waals surface area contributed by atoms with Crippen molar-refractivity contribution in [3.63, 3.8) is 0 Å². The molecule has 1 saturated heterocycles. The van der Waals surface area contributed by atoms with Crippen molar-refractivity contribution in [1.29, 1.82) is 0 Å². The summed E-state index contributed by atoms with van der Waals surface area (Å²) in [4.78, 5) is 13.4. The Bertz CT molecular complexity index is 1230. The Balaban J connectivity index is 1.59. The van der Waals surface area contributed by atoms with Crippen molar-refractivity contribution < 1.29 is 23.0 Å². The van der Waals surface area contributed by atoms with Gasteiger partial charge in [-0.15, -0.1) is 0 Å². The van der Waals surface area contributed by atoms with E-state index in [1.165, 1.54) is 11.4 Å². The minimum atomic E-state index is -3.54. The molecule has 0 spiro atoms. The van der Waals surface area contributed by atoms with Gasteiger partial charge in [0.15, 0.2) is 5.52 Å². The van der Waals surface area contributed by atoms with Crippen LogP contribution in [0.25, 0.3) is 22.3 Å². The van der Waals surface area contributed by atoms with Gasteiger partial charge in [-0.25, -0.2) is 14.7 Å². The van der Waals surface area contributed by atoms with Crippen LogP contribution in [0.5, 0.6) is 5.88 Å². The lowest BCUT2D eigenvalue weighted by Gasteiger charge is -2.31. The summed E-state index contributed by atoms with van der Waals surface area (Å²) in [6.07, 6.45) is 2.70. The van der Waals surface area contributed by atoms with Gasteiger partial charge < -0.3 is 14.6 Å². The molecule has 10 nitrogen and oxygen atoms in total. The highest BCUT2D eigenvalue weighted by Crippen LogP contribution is 2.29. The highest BCUT2D eigenvalue weighted by Gasteiger charge is 2.29. The molecule has 1 atom stereocenters. The fraction of sp³-hybridized carbons (Fsp3) is 0.409. The molecular formula is C22H27N5O5S. The van der Waals surface area contributed by atoms with Crippen molar-refractivity contribution in [2.24, 2.45) is 0 Å². The summed E-state index contributed by atoms with van der Waals surface area (Å²) in [5.41, 5.74) is 2.45. The first-order valence-corrected chi connectivity index (χ1v) is 12.0. The van der Waals surface area contributed by atoms with Gasteiger partial charge in [0.25, 0.3) is 10.2 Å². The molecule has 3 heterocycles. The Kier molecular flexibility index (Phi) is 6.59. The lowest BCUT2D eigenvalue weighted by atomic mass is 9.96. The number of aliphatic hydroxyl groups is 1. The molecule has 11 heteroatoms. The number of morpholine rings is 1. The van der Waals surface area contributed by atoms with Crippen LogP contribution in [-0.4, -0.2) is 72.2 Å². The van der Waals surface area contributed by atoms with Gasteiger partial charge in [0.1, 0.15) is 12.7 Å². The number of nitrogens with one attached hydrogen (secondary N) is 1. The molecule has 0 saturated carbocycles. The third-order valence-corrected chi connectivity index (χ3v) is 6.94. The van der Waals surface area contributed by atoms with E-state index >= 15 is 0 Å². The molecule has 0 aliphatic carbocycles. The van der Waals surface area contributed by atoms with E-state index in [2.05, 4.69) is 19.7 Å². The molecule has 1 aliphatic heterocycles. The molecule has 0 radical (unpaired) electrons. The van der Waals surface area contributed by atoms with Crippen molar-refractivity contribution >= 4 is 21.2 Å². The van der Waals surface area contributed by atoms with Gasteiger partial charge in [-0.1, -0.05) is 24.3 Å². The van der Waals surface area contributed by atoms with Gasteiger partial charge in [0.2, 0.25) is 5.88 Å². The molecule has 1 aliphatic rings. The van der Waals surface area contributed by atoms with Crippen LogP contribution in [0.4, 0.5) is 0 Å². The zero-order valence-corrected chi connectivity index (χ0v) is 19.5. The van der Waals surface area contributed by atoms with E-state index < -0.39 is 21.9 Å². The van der Waals surface area contributed by atoms with Crippen LogP contribution in [0.1, 0.15) is 19.4 Å². The van der Waals surface area contributed by atoms with Gasteiger partial charge in [-0.3, -0.25) is 4.98 Å². The number of fused-ring (bicyclic) bond motifs is 1. The SMILES string of the molecule is CNS(=O)(=O)N1CCOC(COc2nc(-c3ccc(C(C)(C)O)cc3)cc3nccnc23)C1. The maximum absolute atomic E-state index is 12.1. The number of ether oxygens (including phenoxy) is 2. The molecular weight excluding hydrogens is 446 g/mol. The van der Waals surface area contributed by atoms with Gasteiger partial charge in [0, 0.05) is 38.1 Å². The second-order valence-electron chi connectivity index (χ2n) is 8.24. The maximum Gasteiger partial charge on any atom is 0.279 e. The minimum Gasteiger partial charge on any atom is -0.473 e. The van der Waals surface area contributed by atoms with Crippen molar-refractivity contribution in [1.82, 2.24) is 24.0 Å². The first-order valence-electron chi connectivity index (χ1n) is 10.6. The van der Waals surface area contributed by atoms with Crippen LogP contribution in [0, 0.1) is 0 Å². The molecule has 33 heavy (non-hydrogen) atoms. The largest absolute Gasteiger partial charge is 0.473 e. The summed E-state index contributed by atoms with van der Waals surface area (Å²) >= 11 is 0. The topological polar surface area (TPSA) is 127 Å². The Labute approximate surface area is 192 Å². The van der Waals surface area contributed by atoms with Crippen molar-refractivity contribution in [2.75, 3.05) is 33.4 Å². The molecule has 0 bridgehead atoms. The number of nitrogens with zero attached hydrogens (tertiary/aromatic N) is 4. The van der Waals surface area contributed by atoms with E-state index in [-0.39, 0.29) is 26.3 Å². The van der Waals surface area contributed by atoms with Gasteiger partial charge in [-0.05, 0) is 25.5 Å². The summed E-state index contributed by atoms with van der Waals surface area (Å²) in [7, 11) is -2.16. The van der Waals surface area contributed by atoms with E-state index in [0.717, 1.165) is 11.1 Å². The number of pyridine rings is 1. The summed E-state index contributed by atoms with van der Waals surface area (Å²) in [5, 5.41) is 10.2. The highest BCUT2D eigenvalue weighted by atomic mass is 32.2. The zero-order valence-electron chi connectivity index (χ0n) is 18.7. The lowest BCUT2D eigenvalue weighted by molar-refractivity contribution is -0.0256. The molecule has 176 valence electrons. The summed E-state index contributed by atoms with van der Waals surface area (Å²) in [6.45, 7) is 4.29. The summed E-state index contributed by atoms with van der Waals surface area (Å²) in [5.74, 6) is 0.291. The van der Waals surface area contributed by atoms with Crippen LogP contribution in [-0.2, 0) is 20.5 Å². The van der Waals surface area contributed by atoms with E-state index in [0.29, 0.717) is 22.6 Å². The zero-order chi connectivity index (χ0) is 23.6. The lowest BCUT2D eigenvalue weighted by Crippen LogP contribution is -2.50. The monoisotopic (exact) mass is 473 g/mol. The van der Waals surface area contributed by atoms with E-state index in [9.17, 15) is 13.5 Å². The van der Waals surface area contributed by atoms with E-state index in [4.69, 9.17) is 9.47 Å². The van der Waals surface area contributed by atoms with Gasteiger partial charge in [-0.2, -0.15) is 12.7 Å². The van der Waals surface area contributed by atoms with Crippen LogP contribution in [0.2, 0.25) is 0 Å². The fourth-order valence-corrected chi connectivity index (χ4v) is 4.49. The van der Waals surface area contributed by atoms with Crippen LogP contribution in [0.3, 0.4) is 0 Å². The number of hydrogen-bond acceptors (Lipinski definition) is 8. The normalized spacial score (nSPS) is 17.9. The first-order chi connectivity index (χ1) is 15.7. The molecule has 1 aromatic carbocycles. The first kappa shape index (κ1) is 23.5. The number of hydrogen-bond donors (Lipinski definition) is 2. The molecule has 2 N–H and O–H groups in total. The molecule has 3 aromatic rings. The third kappa shape index (κ3) is 5.28. The number of aromatic nitrogens is 3. The molecule has 0 amide bonds. The smallest absolute Gasteiger partial charge is 0.279 e. The Morgan fingerprint density at radius 2 is 1.97 bits per heavy atom. The Morgan fingerprint density at radius 3 is 2.67 bits per heavy atom. The fourth-order valence-electron chi connectivity index (χ4n) is 3.55. The minimum absolute atomic E-state index is 0.107. The number of benzene rings is 1. The van der Waals surface area contributed by atoms with Crippen molar-refractivity contribution in [3.8, 4) is 17.1 Å². The summed E-state index contributed by atoms with van der Waals surface area (Å²) in [6, 6.07) is 9.29. The second kappa shape index (κ2) is 9.27. The Morgan fingerprint density at radius 1 is 1.24 bits per heavy atom. The quantitative estimate of drug-likeness (QED) is 0.528. The Hall–Kier alpha value is -2.70. The standard InChI is InChI=1S/C22H27N5O5S/c1-22(2,28)16-6-4-15(5-7-16)18-12-19-20(25-9-8-24-19)21(26-18)32-14-17-13-27(10-11-31-17)33(29,30)23-3/h4-9,12,17,23,28H,10-11,13-14H2,1-3H3. The van der Waals surface area contributed by atoms with Crippen LogP contribution in [0.15, 0.2) is 42.7 Å². The summed E-state index contributed by atoms with van der Waals surface area (Å²) < 4.78 is 39.5. The number of rotatable bonds is 7. The average molecular weight is 474 g/mol. The highest BCUT2D eigenvalue weighted by molar-refractivity contribution is 7.87. The third-order valence-electron chi connectivity index (χ3n) is 5.42. The average Bonchev–Trinajstić information content (AvgIpc) is 2.82.